The molecule has 0 saturated heterocycles. The molecule has 114 valence electrons. The molecule has 0 aliphatic carbocycles. The fourth-order valence-corrected chi connectivity index (χ4v) is 1.52. The summed E-state index contributed by atoms with van der Waals surface area (Å²) in [6.45, 7) is 1.48. The number of anilines is 1. The molecule has 5 nitrogen and oxygen atoms in total. The number of hydrogen-bond acceptors (Lipinski definition) is 5. The summed E-state index contributed by atoms with van der Waals surface area (Å²) < 4.78 is 41.9. The van der Waals surface area contributed by atoms with Crippen molar-refractivity contribution in [2.45, 2.75) is 25.6 Å². The van der Waals surface area contributed by atoms with Crippen LogP contribution in [0.25, 0.3) is 0 Å². The number of nitrogens with zero attached hydrogens (tertiary/aromatic N) is 2. The number of pyridine rings is 1. The Kier molecular flexibility index (Phi) is 5.79. The van der Waals surface area contributed by atoms with Crippen LogP contribution in [-0.2, 0) is 15.7 Å². The van der Waals surface area contributed by atoms with Crippen LogP contribution in [0.5, 0.6) is 0 Å². The maximum absolute atomic E-state index is 12.4. The predicted molar refractivity (Wildman–Crippen MR) is 68.5 cm³/mol. The van der Waals surface area contributed by atoms with Crippen molar-refractivity contribution >= 4 is 23.4 Å². The Morgan fingerprint density at radius 1 is 1.62 bits per heavy atom. The Morgan fingerprint density at radius 3 is 2.81 bits per heavy atom. The second-order valence-corrected chi connectivity index (χ2v) is 4.40. The van der Waals surface area contributed by atoms with E-state index in [1.807, 2.05) is 0 Å². The summed E-state index contributed by atoms with van der Waals surface area (Å²) in [6.07, 6.45) is -4.81. The number of esters is 1. The molecule has 9 heteroatoms. The van der Waals surface area contributed by atoms with Crippen molar-refractivity contribution in [2.75, 3.05) is 11.9 Å². The zero-order chi connectivity index (χ0) is 16.0. The molecular weight excluding hydrogens is 311 g/mol. The molecule has 0 aliphatic heterocycles. The Bertz CT molecular complexity index is 558. The summed E-state index contributed by atoms with van der Waals surface area (Å²) in [5.74, 6) is -0.578. The van der Waals surface area contributed by atoms with Gasteiger partial charge in [-0.1, -0.05) is 11.6 Å². The molecule has 1 atom stereocenters. The minimum Gasteiger partial charge on any atom is -0.447 e. The molecule has 0 spiro atoms. The molecule has 0 unspecified atom stereocenters. The van der Waals surface area contributed by atoms with E-state index in [9.17, 15) is 18.0 Å². The molecule has 0 radical (unpaired) electrons. The Morgan fingerprint density at radius 2 is 2.29 bits per heavy atom. The predicted octanol–water partition coefficient (Wildman–Crippen LogP) is 3.01. The van der Waals surface area contributed by atoms with E-state index in [1.54, 1.807) is 6.07 Å². The minimum atomic E-state index is -4.52. The van der Waals surface area contributed by atoms with E-state index in [1.165, 1.54) is 6.92 Å². The van der Waals surface area contributed by atoms with Gasteiger partial charge in [-0.2, -0.15) is 18.4 Å². The summed E-state index contributed by atoms with van der Waals surface area (Å²) in [5, 5.41) is 10.9. The molecule has 0 aromatic carbocycles. The highest BCUT2D eigenvalue weighted by molar-refractivity contribution is 6.32. The van der Waals surface area contributed by atoms with Gasteiger partial charge in [0.2, 0.25) is 0 Å². The lowest BCUT2D eigenvalue weighted by Gasteiger charge is -2.11. The van der Waals surface area contributed by atoms with E-state index >= 15 is 0 Å². The number of aromatic nitrogens is 1. The molecule has 1 aromatic rings. The SMILES string of the molecule is C[C@H](C#N)OC(=O)CCNc1ncc(C(F)(F)F)cc1Cl. The second kappa shape index (κ2) is 7.13. The number of carbonyl (C=O) groups excluding carboxylic acids is 1. The number of nitrogens with one attached hydrogen (secondary N) is 1. The first-order valence-corrected chi connectivity index (χ1v) is 6.17. The smallest absolute Gasteiger partial charge is 0.417 e. The van der Waals surface area contributed by atoms with Crippen molar-refractivity contribution < 1.29 is 22.7 Å². The van der Waals surface area contributed by atoms with E-state index in [-0.39, 0.29) is 23.8 Å². The number of hydrogen-bond donors (Lipinski definition) is 1. The lowest BCUT2D eigenvalue weighted by molar-refractivity contribution is -0.145. The minimum absolute atomic E-state index is 0.0331. The molecule has 0 bridgehead atoms. The largest absolute Gasteiger partial charge is 0.447 e. The first kappa shape index (κ1) is 17.0. The van der Waals surface area contributed by atoms with Crippen molar-refractivity contribution in [2.24, 2.45) is 0 Å². The van der Waals surface area contributed by atoms with Crippen LogP contribution in [0.15, 0.2) is 12.3 Å². The monoisotopic (exact) mass is 321 g/mol. The van der Waals surface area contributed by atoms with Gasteiger partial charge in [0.25, 0.3) is 0 Å². The Hall–Kier alpha value is -2.01. The van der Waals surface area contributed by atoms with Gasteiger partial charge in [-0.15, -0.1) is 0 Å². The first-order valence-electron chi connectivity index (χ1n) is 5.79. The Labute approximate surface area is 123 Å². The summed E-state index contributed by atoms with van der Waals surface area (Å²) in [6, 6.07) is 2.47. The fourth-order valence-electron chi connectivity index (χ4n) is 1.29. The molecule has 0 fully saturated rings. The van der Waals surface area contributed by atoms with Crippen LogP contribution in [0, 0.1) is 11.3 Å². The van der Waals surface area contributed by atoms with Gasteiger partial charge in [0.05, 0.1) is 17.0 Å². The van der Waals surface area contributed by atoms with Crippen LogP contribution in [-0.4, -0.2) is 23.6 Å². The van der Waals surface area contributed by atoms with Gasteiger partial charge >= 0.3 is 12.1 Å². The van der Waals surface area contributed by atoms with Gasteiger partial charge in [0.1, 0.15) is 11.9 Å². The quantitative estimate of drug-likeness (QED) is 0.844. The summed E-state index contributed by atoms with van der Waals surface area (Å²) in [4.78, 5) is 14.8. The Balaban J connectivity index is 2.54. The number of ether oxygens (including phenoxy) is 1. The molecule has 0 amide bonds. The lowest BCUT2D eigenvalue weighted by atomic mass is 10.2. The molecule has 1 rings (SSSR count). The van der Waals surface area contributed by atoms with Crippen LogP contribution < -0.4 is 5.32 Å². The zero-order valence-electron chi connectivity index (χ0n) is 10.9. The van der Waals surface area contributed by atoms with Crippen LogP contribution >= 0.6 is 11.6 Å². The number of halogens is 4. The molecular formula is C12H11ClF3N3O2. The van der Waals surface area contributed by atoms with Crippen LogP contribution in [0.1, 0.15) is 18.9 Å². The standard InChI is InChI=1S/C12H11ClF3N3O2/c1-7(5-17)21-10(20)2-3-18-11-9(13)4-8(6-19-11)12(14,15)16/h4,6-7H,2-3H2,1H3,(H,18,19)/t7-/m1/s1. The molecule has 1 aromatic heterocycles. The second-order valence-electron chi connectivity index (χ2n) is 3.99. The van der Waals surface area contributed by atoms with Gasteiger partial charge < -0.3 is 10.1 Å². The zero-order valence-corrected chi connectivity index (χ0v) is 11.6. The number of carbonyl (C=O) groups is 1. The normalized spacial score (nSPS) is 12.4. The van der Waals surface area contributed by atoms with Crippen molar-refractivity contribution in [3.63, 3.8) is 0 Å². The highest BCUT2D eigenvalue weighted by Crippen LogP contribution is 2.32. The lowest BCUT2D eigenvalue weighted by Crippen LogP contribution is -2.17. The third kappa shape index (κ3) is 5.47. The third-order valence-electron chi connectivity index (χ3n) is 2.28. The number of alkyl halides is 3. The van der Waals surface area contributed by atoms with Crippen LogP contribution in [0.2, 0.25) is 5.02 Å². The van der Waals surface area contributed by atoms with E-state index in [2.05, 4.69) is 15.0 Å². The van der Waals surface area contributed by atoms with Gasteiger partial charge in [0.15, 0.2) is 6.10 Å². The molecule has 1 heterocycles. The maximum Gasteiger partial charge on any atom is 0.417 e. The molecule has 1 N–H and O–H groups in total. The van der Waals surface area contributed by atoms with Crippen molar-refractivity contribution in [1.29, 1.82) is 5.26 Å². The van der Waals surface area contributed by atoms with E-state index in [0.717, 1.165) is 6.07 Å². The molecule has 21 heavy (non-hydrogen) atoms. The van der Waals surface area contributed by atoms with Gasteiger partial charge in [0, 0.05) is 12.7 Å². The van der Waals surface area contributed by atoms with Crippen LogP contribution in [0.3, 0.4) is 0 Å². The topological polar surface area (TPSA) is 75.0 Å². The molecule has 0 saturated carbocycles. The summed E-state index contributed by atoms with van der Waals surface area (Å²) >= 11 is 5.67. The van der Waals surface area contributed by atoms with Crippen molar-refractivity contribution in [3.8, 4) is 6.07 Å². The molecule has 0 aliphatic rings. The maximum atomic E-state index is 12.4. The van der Waals surface area contributed by atoms with Gasteiger partial charge in [-0.05, 0) is 13.0 Å². The number of nitriles is 1. The fraction of sp³-hybridized carbons (Fsp3) is 0.417. The van der Waals surface area contributed by atoms with E-state index in [0.29, 0.717) is 6.20 Å². The average Bonchev–Trinajstić information content (AvgIpc) is 2.39. The van der Waals surface area contributed by atoms with E-state index in [4.69, 9.17) is 16.9 Å². The summed E-state index contributed by atoms with van der Waals surface area (Å²) in [7, 11) is 0. The first-order chi connectivity index (χ1) is 9.74. The average molecular weight is 322 g/mol. The van der Waals surface area contributed by atoms with Crippen LogP contribution in [0.4, 0.5) is 19.0 Å². The van der Waals surface area contributed by atoms with Gasteiger partial charge in [-0.25, -0.2) is 4.98 Å². The number of rotatable bonds is 5. The highest BCUT2D eigenvalue weighted by Gasteiger charge is 2.31. The summed E-state index contributed by atoms with van der Waals surface area (Å²) in [5.41, 5.74) is -0.958. The van der Waals surface area contributed by atoms with Crippen molar-refractivity contribution in [3.05, 3.63) is 22.8 Å². The van der Waals surface area contributed by atoms with Gasteiger partial charge in [-0.3, -0.25) is 4.79 Å². The highest BCUT2D eigenvalue weighted by atomic mass is 35.5. The van der Waals surface area contributed by atoms with E-state index < -0.39 is 23.8 Å². The third-order valence-corrected chi connectivity index (χ3v) is 2.57. The van der Waals surface area contributed by atoms with Crippen molar-refractivity contribution in [1.82, 2.24) is 4.98 Å².